The highest BCUT2D eigenvalue weighted by molar-refractivity contribution is 8.23. The molecule has 122 valence electrons. The molecule has 0 aromatic heterocycles. The highest BCUT2D eigenvalue weighted by Gasteiger charge is 2.57. The van der Waals surface area contributed by atoms with Gasteiger partial charge in [-0.15, -0.1) is 11.8 Å². The average molecular weight is 345 g/mol. The molecule has 0 radical (unpaired) electrons. The molecule has 9 heteroatoms. The van der Waals surface area contributed by atoms with Crippen LogP contribution in [0.25, 0.3) is 0 Å². The molecular formula is C13H19N3O4S2. The maximum absolute atomic E-state index is 12.1. The van der Waals surface area contributed by atoms with Gasteiger partial charge in [-0.25, -0.2) is 4.79 Å². The van der Waals surface area contributed by atoms with Crippen LogP contribution in [0.1, 0.15) is 20.3 Å². The summed E-state index contributed by atoms with van der Waals surface area (Å²) in [5.74, 6) is -1.97. The fourth-order valence-electron chi connectivity index (χ4n) is 2.43. The van der Waals surface area contributed by atoms with Crippen LogP contribution in [-0.2, 0) is 9.59 Å². The molecular weight excluding hydrogens is 326 g/mol. The summed E-state index contributed by atoms with van der Waals surface area (Å²) in [6.45, 7) is 4.17. The van der Waals surface area contributed by atoms with E-state index in [9.17, 15) is 19.8 Å². The molecule has 0 spiro atoms. The second-order valence-electron chi connectivity index (χ2n) is 5.24. The normalized spacial score (nSPS) is 26.3. The summed E-state index contributed by atoms with van der Waals surface area (Å²) in [4.78, 5) is 24.8. The Labute approximate surface area is 137 Å². The van der Waals surface area contributed by atoms with Gasteiger partial charge in [0.1, 0.15) is 5.37 Å². The molecule has 3 unspecified atom stereocenters. The minimum atomic E-state index is -1.11. The third-order valence-corrected chi connectivity index (χ3v) is 6.35. The van der Waals surface area contributed by atoms with E-state index in [-0.39, 0.29) is 22.2 Å². The first-order chi connectivity index (χ1) is 10.4. The number of β-lactam (4-membered cyclic amide) rings is 1. The summed E-state index contributed by atoms with van der Waals surface area (Å²) in [5.41, 5.74) is 0.0359. The van der Waals surface area contributed by atoms with Crippen molar-refractivity contribution in [1.82, 2.24) is 10.2 Å². The average Bonchev–Trinajstić information content (AvgIpc) is 2.73. The summed E-state index contributed by atoms with van der Waals surface area (Å²) in [6.07, 6.45) is 1.12. The van der Waals surface area contributed by atoms with Gasteiger partial charge in [-0.2, -0.15) is 0 Å². The maximum Gasteiger partial charge on any atom is 0.354 e. The van der Waals surface area contributed by atoms with Crippen molar-refractivity contribution in [2.24, 2.45) is 5.92 Å². The van der Waals surface area contributed by atoms with Crippen molar-refractivity contribution in [2.45, 2.75) is 37.0 Å². The molecule has 0 aliphatic carbocycles. The Morgan fingerprint density at radius 2 is 2.27 bits per heavy atom. The zero-order valence-corrected chi connectivity index (χ0v) is 13.9. The predicted molar refractivity (Wildman–Crippen MR) is 86.5 cm³/mol. The Balaban J connectivity index is 2.08. The van der Waals surface area contributed by atoms with Gasteiger partial charge in [-0.3, -0.25) is 15.1 Å². The van der Waals surface area contributed by atoms with E-state index in [0.717, 1.165) is 12.8 Å². The predicted octanol–water partition coefficient (Wildman–Crippen LogP) is 0.861. The SMILES string of the molecule is CC(CCNC=N)SC1=C(C(=O)O)N2C(=O)C(C(C)O)[C@H]2S1. The van der Waals surface area contributed by atoms with Gasteiger partial charge in [0.2, 0.25) is 5.91 Å². The number of carboxylic acid groups (broad SMARTS) is 1. The Bertz CT molecular complexity index is 523. The van der Waals surface area contributed by atoms with Gasteiger partial charge >= 0.3 is 5.97 Å². The molecule has 7 nitrogen and oxygen atoms in total. The molecule has 1 fully saturated rings. The number of nitrogens with one attached hydrogen (secondary N) is 2. The van der Waals surface area contributed by atoms with Crippen molar-refractivity contribution in [3.8, 4) is 0 Å². The number of thioether (sulfide) groups is 2. The Hall–Kier alpha value is -1.19. The van der Waals surface area contributed by atoms with Crippen molar-refractivity contribution in [3.05, 3.63) is 9.93 Å². The van der Waals surface area contributed by atoms with Crippen molar-refractivity contribution in [1.29, 1.82) is 5.41 Å². The quantitative estimate of drug-likeness (QED) is 0.223. The second-order valence-corrected chi connectivity index (χ2v) is 8.07. The third-order valence-electron chi connectivity index (χ3n) is 3.57. The number of carboxylic acids is 1. The first-order valence-corrected chi connectivity index (χ1v) is 8.68. The summed E-state index contributed by atoms with van der Waals surface area (Å²) in [6, 6.07) is 0. The minimum Gasteiger partial charge on any atom is -0.477 e. The van der Waals surface area contributed by atoms with E-state index in [4.69, 9.17) is 5.41 Å². The van der Waals surface area contributed by atoms with Crippen LogP contribution in [0.15, 0.2) is 9.93 Å². The van der Waals surface area contributed by atoms with Crippen LogP contribution in [0.4, 0.5) is 0 Å². The molecule has 0 saturated carbocycles. The van der Waals surface area contributed by atoms with Gasteiger partial charge < -0.3 is 15.5 Å². The van der Waals surface area contributed by atoms with Gasteiger partial charge in [0.25, 0.3) is 0 Å². The summed E-state index contributed by atoms with van der Waals surface area (Å²) < 4.78 is 0.622. The molecule has 4 N–H and O–H groups in total. The van der Waals surface area contributed by atoms with E-state index in [1.54, 1.807) is 6.92 Å². The molecule has 2 aliphatic rings. The molecule has 2 aliphatic heterocycles. The number of carbonyl (C=O) groups excluding carboxylic acids is 1. The zero-order valence-electron chi connectivity index (χ0n) is 12.3. The summed E-state index contributed by atoms with van der Waals surface area (Å²) >= 11 is 2.77. The van der Waals surface area contributed by atoms with E-state index >= 15 is 0 Å². The van der Waals surface area contributed by atoms with Crippen molar-refractivity contribution >= 4 is 41.7 Å². The molecule has 1 amide bonds. The number of fused-ring (bicyclic) bond motifs is 1. The number of carbonyl (C=O) groups is 2. The van der Waals surface area contributed by atoms with E-state index in [1.807, 2.05) is 6.92 Å². The number of rotatable bonds is 8. The smallest absolute Gasteiger partial charge is 0.354 e. The summed E-state index contributed by atoms with van der Waals surface area (Å²) in [7, 11) is 0. The molecule has 1 saturated heterocycles. The van der Waals surface area contributed by atoms with Gasteiger partial charge in [0.15, 0.2) is 5.70 Å². The van der Waals surface area contributed by atoms with E-state index in [1.165, 1.54) is 28.4 Å². The maximum atomic E-state index is 12.1. The lowest BCUT2D eigenvalue weighted by Gasteiger charge is -2.43. The Kier molecular flexibility index (Phi) is 5.41. The van der Waals surface area contributed by atoms with Crippen LogP contribution < -0.4 is 5.32 Å². The van der Waals surface area contributed by atoms with E-state index in [0.29, 0.717) is 10.8 Å². The Morgan fingerprint density at radius 3 is 2.82 bits per heavy atom. The van der Waals surface area contributed by atoms with Crippen LogP contribution in [-0.4, -0.2) is 56.6 Å². The van der Waals surface area contributed by atoms with E-state index in [2.05, 4.69) is 5.32 Å². The van der Waals surface area contributed by atoms with Crippen LogP contribution in [0.3, 0.4) is 0 Å². The number of hydrogen-bond donors (Lipinski definition) is 4. The highest BCUT2D eigenvalue weighted by atomic mass is 32.2. The first-order valence-electron chi connectivity index (χ1n) is 6.92. The number of amides is 1. The van der Waals surface area contributed by atoms with Gasteiger partial charge in [-0.05, 0) is 13.3 Å². The molecule has 0 bridgehead atoms. The standard InChI is InChI=1S/C13H19N3O4S2/c1-6(3-4-15-5-14)21-13-9(12(19)20)16-10(18)8(7(2)17)11(16)22-13/h5-8,11,17H,3-4H2,1-2H3,(H2,14,15)(H,19,20)/t6?,7?,8?,11-/m1/s1. The first kappa shape index (κ1) is 17.2. The van der Waals surface area contributed by atoms with Crippen LogP contribution in [0.2, 0.25) is 0 Å². The van der Waals surface area contributed by atoms with Crippen molar-refractivity contribution in [3.63, 3.8) is 0 Å². The lowest BCUT2D eigenvalue weighted by atomic mass is 9.92. The minimum absolute atomic E-state index is 0.0359. The number of aliphatic carboxylic acids is 1. The fraction of sp³-hybridized carbons (Fsp3) is 0.615. The summed E-state index contributed by atoms with van der Waals surface area (Å²) in [5, 5.41) is 28.6. The number of aliphatic hydroxyl groups is 1. The second kappa shape index (κ2) is 6.93. The molecule has 0 aromatic rings. The van der Waals surface area contributed by atoms with Gasteiger partial charge in [-0.1, -0.05) is 18.7 Å². The number of nitrogens with zero attached hydrogens (tertiary/aromatic N) is 1. The fourth-order valence-corrected chi connectivity index (χ4v) is 5.66. The van der Waals surface area contributed by atoms with Crippen LogP contribution in [0, 0.1) is 11.3 Å². The van der Waals surface area contributed by atoms with E-state index < -0.39 is 18.0 Å². The zero-order chi connectivity index (χ0) is 16.4. The monoisotopic (exact) mass is 345 g/mol. The van der Waals surface area contributed by atoms with Gasteiger partial charge in [0, 0.05) is 11.8 Å². The Morgan fingerprint density at radius 1 is 1.59 bits per heavy atom. The molecule has 4 atom stereocenters. The molecule has 22 heavy (non-hydrogen) atoms. The molecule has 0 aromatic carbocycles. The lowest BCUT2D eigenvalue weighted by Crippen LogP contribution is -2.60. The lowest BCUT2D eigenvalue weighted by molar-refractivity contribution is -0.156. The van der Waals surface area contributed by atoms with Crippen molar-refractivity contribution in [2.75, 3.05) is 6.54 Å². The number of aliphatic hydroxyl groups excluding tert-OH is 1. The third kappa shape index (κ3) is 3.11. The topological polar surface area (TPSA) is 114 Å². The van der Waals surface area contributed by atoms with Gasteiger partial charge in [0.05, 0.1) is 22.6 Å². The largest absolute Gasteiger partial charge is 0.477 e. The van der Waals surface area contributed by atoms with Crippen molar-refractivity contribution < 1.29 is 19.8 Å². The molecule has 2 heterocycles. The highest BCUT2D eigenvalue weighted by Crippen LogP contribution is 2.54. The van der Waals surface area contributed by atoms with Crippen LogP contribution >= 0.6 is 23.5 Å². The number of hydrogen-bond acceptors (Lipinski definition) is 6. The molecule has 2 rings (SSSR count). The van der Waals surface area contributed by atoms with Crippen LogP contribution in [0.5, 0.6) is 0 Å².